The minimum Gasteiger partial charge on any atom is -0.339 e. The number of nitrogens with zero attached hydrogens (tertiary/aromatic N) is 3. The van der Waals surface area contributed by atoms with Crippen LogP contribution in [0.15, 0.2) is 84.9 Å². The maximum absolute atomic E-state index is 6.88. The lowest BCUT2D eigenvalue weighted by atomic mass is 9.81. The molecule has 37 heavy (non-hydrogen) atoms. The van der Waals surface area contributed by atoms with Crippen LogP contribution < -0.4 is 9.80 Å². The number of fused-ring (bicyclic) bond motifs is 6. The standard InChI is InChI=1S/C33H32ClN3/c1-32(2)26-15-7-5-11-22(26)24-13-9-17-28(30(24)32)35-19-36(21-37(34)20-35)29-18-10-14-25-23-12-6-8-16-27(23)33(3,4)31(25)29/h5-18H,19-21H2,1-4H3. The van der Waals surface area contributed by atoms with Gasteiger partial charge in [0.15, 0.2) is 0 Å². The molecular formula is C33H32ClN3. The van der Waals surface area contributed by atoms with E-state index in [2.05, 4.69) is 122 Å². The number of halogens is 1. The Bertz CT molecular complexity index is 1440. The third-order valence-corrected chi connectivity index (χ3v) is 9.00. The van der Waals surface area contributed by atoms with Crippen molar-refractivity contribution in [2.45, 2.75) is 38.5 Å². The molecule has 1 saturated heterocycles. The lowest BCUT2D eigenvalue weighted by Crippen LogP contribution is -2.53. The highest BCUT2D eigenvalue weighted by atomic mass is 35.5. The van der Waals surface area contributed by atoms with Gasteiger partial charge >= 0.3 is 0 Å². The first-order chi connectivity index (χ1) is 17.8. The van der Waals surface area contributed by atoms with Crippen LogP contribution in [0.5, 0.6) is 0 Å². The largest absolute Gasteiger partial charge is 0.339 e. The molecule has 186 valence electrons. The summed E-state index contributed by atoms with van der Waals surface area (Å²) in [4.78, 5) is 4.88. The van der Waals surface area contributed by atoms with Gasteiger partial charge in [0.2, 0.25) is 0 Å². The van der Waals surface area contributed by atoms with Crippen LogP contribution in [0.25, 0.3) is 22.3 Å². The summed E-state index contributed by atoms with van der Waals surface area (Å²) in [5.74, 6) is 0. The van der Waals surface area contributed by atoms with Crippen LogP contribution >= 0.6 is 11.8 Å². The van der Waals surface area contributed by atoms with Crippen molar-refractivity contribution in [1.29, 1.82) is 0 Å². The second-order valence-corrected chi connectivity index (χ2v) is 12.2. The van der Waals surface area contributed by atoms with Crippen LogP contribution in [0.4, 0.5) is 11.4 Å². The van der Waals surface area contributed by atoms with Crippen molar-refractivity contribution >= 4 is 23.2 Å². The predicted octanol–water partition coefficient (Wildman–Crippen LogP) is 7.95. The SMILES string of the molecule is CC1(C)c2ccccc2-c2cccc(N3CN(Cl)CN(c4cccc5c4C(C)(C)c4ccccc4-5)C3)c21. The molecule has 4 heteroatoms. The summed E-state index contributed by atoms with van der Waals surface area (Å²) in [6, 6.07) is 31.2. The number of hydrogen-bond donors (Lipinski definition) is 0. The van der Waals surface area contributed by atoms with Gasteiger partial charge in [-0.25, -0.2) is 0 Å². The fourth-order valence-electron chi connectivity index (χ4n) is 7.18. The second-order valence-electron chi connectivity index (χ2n) is 11.7. The molecule has 3 aliphatic rings. The smallest absolute Gasteiger partial charge is 0.0929 e. The third-order valence-electron chi connectivity index (χ3n) is 8.79. The highest BCUT2D eigenvalue weighted by molar-refractivity contribution is 6.13. The predicted molar refractivity (Wildman–Crippen MR) is 155 cm³/mol. The van der Waals surface area contributed by atoms with Gasteiger partial charge in [-0.3, -0.25) is 0 Å². The molecule has 0 amide bonds. The molecule has 0 spiro atoms. The molecule has 0 unspecified atom stereocenters. The van der Waals surface area contributed by atoms with Crippen molar-refractivity contribution in [3.05, 3.63) is 107 Å². The van der Waals surface area contributed by atoms with E-state index in [1.54, 1.807) is 0 Å². The highest BCUT2D eigenvalue weighted by Crippen LogP contribution is 2.54. The Hall–Kier alpha value is -3.27. The molecule has 0 radical (unpaired) electrons. The zero-order valence-electron chi connectivity index (χ0n) is 21.9. The van der Waals surface area contributed by atoms with E-state index >= 15 is 0 Å². The van der Waals surface area contributed by atoms with Crippen LogP contribution in [0, 0.1) is 0 Å². The molecule has 1 fully saturated rings. The molecule has 0 aromatic heterocycles. The van der Waals surface area contributed by atoms with E-state index in [0.29, 0.717) is 13.3 Å². The monoisotopic (exact) mass is 505 g/mol. The van der Waals surface area contributed by atoms with Crippen LogP contribution in [-0.2, 0) is 10.8 Å². The van der Waals surface area contributed by atoms with E-state index in [1.807, 2.05) is 4.42 Å². The third kappa shape index (κ3) is 3.17. The van der Waals surface area contributed by atoms with Crippen LogP contribution in [0.1, 0.15) is 49.9 Å². The lowest BCUT2D eigenvalue weighted by molar-refractivity contribution is 0.387. The zero-order valence-corrected chi connectivity index (χ0v) is 22.7. The van der Waals surface area contributed by atoms with Crippen LogP contribution in [-0.4, -0.2) is 24.4 Å². The van der Waals surface area contributed by atoms with E-state index in [9.17, 15) is 0 Å². The van der Waals surface area contributed by atoms with Gasteiger partial charge in [-0.15, -0.1) is 0 Å². The van der Waals surface area contributed by atoms with Crippen molar-refractivity contribution in [2.24, 2.45) is 0 Å². The normalized spacial score (nSPS) is 18.8. The van der Waals surface area contributed by atoms with E-state index in [0.717, 1.165) is 6.67 Å². The highest BCUT2D eigenvalue weighted by Gasteiger charge is 2.41. The number of benzene rings is 4. The molecule has 0 saturated carbocycles. The number of hydrogen-bond acceptors (Lipinski definition) is 3. The van der Waals surface area contributed by atoms with Gasteiger partial charge in [0, 0.05) is 22.2 Å². The van der Waals surface area contributed by atoms with E-state index < -0.39 is 0 Å². The Morgan fingerprint density at radius 2 is 0.919 bits per heavy atom. The average molecular weight is 506 g/mol. The Balaban J connectivity index is 1.32. The first-order valence-electron chi connectivity index (χ1n) is 13.2. The van der Waals surface area contributed by atoms with E-state index in [1.165, 1.54) is 55.9 Å². The molecular weight excluding hydrogens is 474 g/mol. The number of anilines is 2. The van der Waals surface area contributed by atoms with E-state index in [4.69, 9.17) is 11.8 Å². The maximum Gasteiger partial charge on any atom is 0.0929 e. The first-order valence-corrected chi connectivity index (χ1v) is 13.5. The van der Waals surface area contributed by atoms with Crippen LogP contribution in [0.2, 0.25) is 0 Å². The topological polar surface area (TPSA) is 9.72 Å². The molecule has 1 heterocycles. The summed E-state index contributed by atoms with van der Waals surface area (Å²) >= 11 is 6.88. The van der Waals surface area contributed by atoms with Crippen molar-refractivity contribution in [3.63, 3.8) is 0 Å². The van der Waals surface area contributed by atoms with E-state index in [-0.39, 0.29) is 10.8 Å². The van der Waals surface area contributed by atoms with Gasteiger partial charge in [0.25, 0.3) is 0 Å². The molecule has 7 rings (SSSR count). The number of rotatable bonds is 2. The second kappa shape index (κ2) is 7.86. The summed E-state index contributed by atoms with van der Waals surface area (Å²) < 4.78 is 1.91. The van der Waals surface area contributed by atoms with Gasteiger partial charge in [0.05, 0.1) is 20.0 Å². The van der Waals surface area contributed by atoms with Gasteiger partial charge in [-0.2, -0.15) is 4.42 Å². The summed E-state index contributed by atoms with van der Waals surface area (Å²) in [5.41, 5.74) is 13.4. The van der Waals surface area contributed by atoms with Crippen molar-refractivity contribution in [2.75, 3.05) is 29.8 Å². The summed E-state index contributed by atoms with van der Waals surface area (Å²) in [6.07, 6.45) is 0. The zero-order chi connectivity index (χ0) is 25.5. The minimum absolute atomic E-state index is 0.0699. The van der Waals surface area contributed by atoms with Gasteiger partial charge in [-0.05, 0) is 68.4 Å². The molecule has 3 nitrogen and oxygen atoms in total. The van der Waals surface area contributed by atoms with Gasteiger partial charge < -0.3 is 9.80 Å². The molecule has 2 aliphatic carbocycles. The molecule has 4 aromatic rings. The fraction of sp³-hybridized carbons (Fsp3) is 0.273. The van der Waals surface area contributed by atoms with Crippen LogP contribution in [0.3, 0.4) is 0 Å². The molecule has 0 N–H and O–H groups in total. The van der Waals surface area contributed by atoms with Crippen molar-refractivity contribution in [3.8, 4) is 22.3 Å². The molecule has 0 bridgehead atoms. The summed E-state index contributed by atoms with van der Waals surface area (Å²) in [7, 11) is 0. The van der Waals surface area contributed by atoms with Gasteiger partial charge in [-0.1, -0.05) is 100 Å². The molecule has 4 aromatic carbocycles. The minimum atomic E-state index is -0.0699. The maximum atomic E-state index is 6.88. The Morgan fingerprint density at radius 3 is 1.38 bits per heavy atom. The van der Waals surface area contributed by atoms with Gasteiger partial charge in [0.1, 0.15) is 0 Å². The average Bonchev–Trinajstić information content (AvgIpc) is 3.29. The lowest BCUT2D eigenvalue weighted by Gasteiger charge is -2.44. The Labute approximate surface area is 225 Å². The molecule has 0 atom stereocenters. The quantitative estimate of drug-likeness (QED) is 0.256. The summed E-state index contributed by atoms with van der Waals surface area (Å²) in [5, 5.41) is 0. The Morgan fingerprint density at radius 1 is 0.514 bits per heavy atom. The Kier molecular flexibility index (Phi) is 4.87. The first kappa shape index (κ1) is 22.9. The van der Waals surface area contributed by atoms with Crippen molar-refractivity contribution < 1.29 is 0 Å². The summed E-state index contributed by atoms with van der Waals surface area (Å²) in [6.45, 7) is 11.6. The molecule has 1 aliphatic heterocycles. The fourth-order valence-corrected chi connectivity index (χ4v) is 7.44. The van der Waals surface area contributed by atoms with Crippen molar-refractivity contribution in [1.82, 2.24) is 4.42 Å².